The summed E-state index contributed by atoms with van der Waals surface area (Å²) in [6.45, 7) is 3.81. The van der Waals surface area contributed by atoms with Gasteiger partial charge in [0, 0.05) is 16.8 Å². The molecule has 0 fully saturated rings. The van der Waals surface area contributed by atoms with E-state index in [1.54, 1.807) is 60.7 Å². The maximum absolute atomic E-state index is 12.5. The van der Waals surface area contributed by atoms with Crippen molar-refractivity contribution < 1.29 is 12.8 Å². The number of allylic oxidation sites excluding steroid dienone is 1. The van der Waals surface area contributed by atoms with E-state index < -0.39 is 15.6 Å². The molecule has 30 heavy (non-hydrogen) atoms. The van der Waals surface area contributed by atoms with Crippen LogP contribution in [0, 0.1) is 0 Å². The Hall–Kier alpha value is -3.64. The summed E-state index contributed by atoms with van der Waals surface area (Å²) in [6, 6.07) is 22.2. The Morgan fingerprint density at radius 2 is 1.50 bits per heavy atom. The van der Waals surface area contributed by atoms with Gasteiger partial charge in [0.25, 0.3) is 10.0 Å². The summed E-state index contributed by atoms with van der Waals surface area (Å²) in [5.74, 6) is 0.455. The standard InChI is InChI=1S/C24H19NO4S/c1-2-8-21-20-11-6-7-12-22(20)24(26)29-23(21)17-13-15-18(16-14-17)25-30(27,28)19-9-4-3-5-10-19/h2-7,9-16,25H,1,8H2. The first-order chi connectivity index (χ1) is 14.5. The lowest BCUT2D eigenvalue weighted by Gasteiger charge is -2.12. The van der Waals surface area contributed by atoms with Gasteiger partial charge in [0.2, 0.25) is 0 Å². The summed E-state index contributed by atoms with van der Waals surface area (Å²) in [5, 5.41) is 1.34. The average molecular weight is 417 g/mol. The second-order valence-electron chi connectivity index (χ2n) is 6.73. The first kappa shape index (κ1) is 19.7. The zero-order valence-electron chi connectivity index (χ0n) is 16.0. The van der Waals surface area contributed by atoms with Crippen LogP contribution in [0.25, 0.3) is 22.1 Å². The topological polar surface area (TPSA) is 76.4 Å². The van der Waals surface area contributed by atoms with Crippen LogP contribution >= 0.6 is 0 Å². The largest absolute Gasteiger partial charge is 0.422 e. The molecule has 0 amide bonds. The Balaban J connectivity index is 1.73. The monoisotopic (exact) mass is 417 g/mol. The van der Waals surface area contributed by atoms with Gasteiger partial charge in [-0.15, -0.1) is 6.58 Å². The van der Waals surface area contributed by atoms with Gasteiger partial charge >= 0.3 is 5.63 Å². The van der Waals surface area contributed by atoms with E-state index in [2.05, 4.69) is 11.3 Å². The fourth-order valence-electron chi connectivity index (χ4n) is 3.34. The number of hydrogen-bond donors (Lipinski definition) is 1. The van der Waals surface area contributed by atoms with Gasteiger partial charge < -0.3 is 4.42 Å². The number of fused-ring (bicyclic) bond motifs is 1. The lowest BCUT2D eigenvalue weighted by atomic mass is 9.99. The second-order valence-corrected chi connectivity index (χ2v) is 8.41. The number of hydrogen-bond acceptors (Lipinski definition) is 4. The van der Waals surface area contributed by atoms with Crippen LogP contribution in [0.1, 0.15) is 5.56 Å². The quantitative estimate of drug-likeness (QED) is 0.449. The molecule has 0 unspecified atom stereocenters. The van der Waals surface area contributed by atoms with Crippen molar-refractivity contribution in [1.29, 1.82) is 0 Å². The van der Waals surface area contributed by atoms with Crippen molar-refractivity contribution in [2.75, 3.05) is 4.72 Å². The summed E-state index contributed by atoms with van der Waals surface area (Å²) >= 11 is 0. The molecule has 0 aliphatic rings. The molecule has 0 bridgehead atoms. The maximum atomic E-state index is 12.5. The second kappa shape index (κ2) is 8.00. The predicted octanol–water partition coefficient (Wildman–Crippen LogP) is 4.99. The Labute approximate surface area is 174 Å². The number of rotatable bonds is 6. The Bertz CT molecular complexity index is 1370. The highest BCUT2D eigenvalue weighted by atomic mass is 32.2. The molecule has 5 nitrogen and oxygen atoms in total. The van der Waals surface area contributed by atoms with Crippen molar-refractivity contribution in [2.24, 2.45) is 0 Å². The van der Waals surface area contributed by atoms with Crippen LogP contribution < -0.4 is 10.3 Å². The lowest BCUT2D eigenvalue weighted by molar-refractivity contribution is 0.530. The van der Waals surface area contributed by atoms with Gasteiger partial charge in [-0.1, -0.05) is 42.5 Å². The summed E-state index contributed by atoms with van der Waals surface area (Å²) < 4.78 is 33.2. The smallest absolute Gasteiger partial charge is 0.344 e. The van der Waals surface area contributed by atoms with E-state index in [1.807, 2.05) is 12.1 Å². The van der Waals surface area contributed by atoms with Crippen molar-refractivity contribution in [3.63, 3.8) is 0 Å². The summed E-state index contributed by atoms with van der Waals surface area (Å²) in [6.07, 6.45) is 2.29. The van der Waals surface area contributed by atoms with Gasteiger partial charge in [0.05, 0.1) is 10.3 Å². The Morgan fingerprint density at radius 3 is 2.17 bits per heavy atom. The molecule has 0 aliphatic carbocycles. The summed E-state index contributed by atoms with van der Waals surface area (Å²) in [4.78, 5) is 12.6. The summed E-state index contributed by atoms with van der Waals surface area (Å²) in [7, 11) is -3.68. The van der Waals surface area contributed by atoms with E-state index in [0.717, 1.165) is 10.9 Å². The molecule has 1 aromatic heterocycles. The van der Waals surface area contributed by atoms with Crippen LogP contribution in [0.15, 0.2) is 106 Å². The Morgan fingerprint density at radius 1 is 0.867 bits per heavy atom. The highest BCUT2D eigenvalue weighted by Crippen LogP contribution is 2.30. The number of sulfonamides is 1. The molecule has 0 aliphatic heterocycles. The van der Waals surface area contributed by atoms with Crippen molar-refractivity contribution >= 4 is 26.5 Å². The lowest BCUT2D eigenvalue weighted by Crippen LogP contribution is -2.12. The number of nitrogens with one attached hydrogen (secondary N) is 1. The first-order valence-electron chi connectivity index (χ1n) is 9.33. The molecule has 0 saturated heterocycles. The van der Waals surface area contributed by atoms with Crippen LogP contribution in [-0.2, 0) is 16.4 Å². The third kappa shape index (κ3) is 3.77. The fraction of sp³-hybridized carbons (Fsp3) is 0.0417. The zero-order chi connectivity index (χ0) is 21.1. The van der Waals surface area contributed by atoms with Gasteiger partial charge in [0.15, 0.2) is 0 Å². The molecule has 150 valence electrons. The molecule has 0 spiro atoms. The molecule has 3 aromatic carbocycles. The summed E-state index contributed by atoms with van der Waals surface area (Å²) in [5.41, 5.74) is 1.54. The van der Waals surface area contributed by atoms with E-state index >= 15 is 0 Å². The first-order valence-corrected chi connectivity index (χ1v) is 10.8. The minimum Gasteiger partial charge on any atom is -0.422 e. The van der Waals surface area contributed by atoms with Crippen LogP contribution in [-0.4, -0.2) is 8.42 Å². The Kier molecular flexibility index (Phi) is 5.25. The normalized spacial score (nSPS) is 11.3. The SMILES string of the molecule is C=CCc1c(-c2ccc(NS(=O)(=O)c3ccccc3)cc2)oc(=O)c2ccccc12. The number of benzene rings is 3. The van der Waals surface area contributed by atoms with E-state index in [9.17, 15) is 13.2 Å². The highest BCUT2D eigenvalue weighted by molar-refractivity contribution is 7.92. The molecule has 4 rings (SSSR count). The van der Waals surface area contributed by atoms with Crippen LogP contribution in [0.2, 0.25) is 0 Å². The molecule has 0 radical (unpaired) electrons. The van der Waals surface area contributed by atoms with E-state index in [1.165, 1.54) is 12.1 Å². The molecular weight excluding hydrogens is 398 g/mol. The highest BCUT2D eigenvalue weighted by Gasteiger charge is 2.16. The zero-order valence-corrected chi connectivity index (χ0v) is 16.9. The van der Waals surface area contributed by atoms with Crippen molar-refractivity contribution in [3.05, 3.63) is 108 Å². The minimum atomic E-state index is -3.68. The van der Waals surface area contributed by atoms with Crippen molar-refractivity contribution in [1.82, 2.24) is 0 Å². The van der Waals surface area contributed by atoms with Gasteiger partial charge in [-0.2, -0.15) is 0 Å². The molecule has 6 heteroatoms. The fourth-order valence-corrected chi connectivity index (χ4v) is 4.42. The van der Waals surface area contributed by atoms with Crippen LogP contribution in [0.4, 0.5) is 5.69 Å². The van der Waals surface area contributed by atoms with E-state index in [-0.39, 0.29) is 4.90 Å². The predicted molar refractivity (Wildman–Crippen MR) is 119 cm³/mol. The third-order valence-corrected chi connectivity index (χ3v) is 6.14. The van der Waals surface area contributed by atoms with Gasteiger partial charge in [-0.25, -0.2) is 13.2 Å². The van der Waals surface area contributed by atoms with Gasteiger partial charge in [-0.3, -0.25) is 4.72 Å². The molecule has 1 heterocycles. The van der Waals surface area contributed by atoms with Gasteiger partial charge in [-0.05, 0) is 54.3 Å². The van der Waals surface area contributed by atoms with E-state index in [4.69, 9.17) is 4.42 Å². The molecule has 0 atom stereocenters. The third-order valence-electron chi connectivity index (χ3n) is 4.74. The molecule has 1 N–H and O–H groups in total. The number of anilines is 1. The van der Waals surface area contributed by atoms with Gasteiger partial charge in [0.1, 0.15) is 5.76 Å². The molecule has 4 aromatic rings. The maximum Gasteiger partial charge on any atom is 0.344 e. The van der Waals surface area contributed by atoms with Crippen molar-refractivity contribution in [3.8, 4) is 11.3 Å². The van der Waals surface area contributed by atoms with Crippen LogP contribution in [0.5, 0.6) is 0 Å². The molecule has 0 saturated carbocycles. The van der Waals surface area contributed by atoms with Crippen molar-refractivity contribution in [2.45, 2.75) is 11.3 Å². The molecular formula is C24H19NO4S. The minimum absolute atomic E-state index is 0.183. The average Bonchev–Trinajstić information content (AvgIpc) is 2.77. The van der Waals surface area contributed by atoms with Crippen LogP contribution in [0.3, 0.4) is 0 Å². The van der Waals surface area contributed by atoms with E-state index in [0.29, 0.717) is 28.8 Å².